The Bertz CT molecular complexity index is 337. The fraction of sp³-hybridized carbons (Fsp3) is 0.647. The Morgan fingerprint density at radius 3 is 2.61 bits per heavy atom. The number of hydrogen-bond donors (Lipinski definition) is 1. The van der Waals surface area contributed by atoms with E-state index in [1.54, 1.807) is 0 Å². The van der Waals surface area contributed by atoms with E-state index in [0.29, 0.717) is 5.92 Å². The maximum Gasteiger partial charge on any atom is 0.0285 e. The first-order valence-corrected chi connectivity index (χ1v) is 7.28. The number of nitrogens with two attached hydrogens (primary N) is 1. The monoisotopic (exact) mass is 245 g/mol. The van der Waals surface area contributed by atoms with Crippen molar-refractivity contribution in [3.63, 3.8) is 0 Å². The van der Waals surface area contributed by atoms with Gasteiger partial charge in [-0.3, -0.25) is 0 Å². The van der Waals surface area contributed by atoms with E-state index in [0.717, 1.165) is 18.4 Å². The molecule has 1 aliphatic rings. The second kappa shape index (κ2) is 8.16. The third kappa shape index (κ3) is 4.70. The zero-order valence-electron chi connectivity index (χ0n) is 11.9. The van der Waals surface area contributed by atoms with E-state index in [-0.39, 0.29) is 6.04 Å². The van der Waals surface area contributed by atoms with Crippen molar-refractivity contribution in [3.05, 3.63) is 23.3 Å². The summed E-state index contributed by atoms with van der Waals surface area (Å²) < 4.78 is 0. The van der Waals surface area contributed by atoms with Crippen molar-refractivity contribution in [2.75, 3.05) is 0 Å². The minimum absolute atomic E-state index is 0.228. The van der Waals surface area contributed by atoms with Crippen molar-refractivity contribution in [2.45, 2.75) is 64.8 Å². The van der Waals surface area contributed by atoms with Crippen LogP contribution in [-0.4, -0.2) is 6.04 Å². The third-order valence-corrected chi connectivity index (χ3v) is 3.85. The molecular weight excluding hydrogens is 218 g/mol. The van der Waals surface area contributed by atoms with E-state index < -0.39 is 0 Å². The zero-order chi connectivity index (χ0) is 13.4. The van der Waals surface area contributed by atoms with Crippen LogP contribution >= 0.6 is 0 Å². The van der Waals surface area contributed by atoms with Crippen LogP contribution in [0.25, 0.3) is 0 Å². The average Bonchev–Trinajstić information content (AvgIpc) is 2.39. The molecule has 1 unspecified atom stereocenters. The molecule has 1 atom stereocenters. The largest absolute Gasteiger partial charge is 0.324 e. The van der Waals surface area contributed by atoms with Crippen LogP contribution in [-0.2, 0) is 0 Å². The fourth-order valence-electron chi connectivity index (χ4n) is 2.89. The molecule has 0 saturated heterocycles. The lowest BCUT2D eigenvalue weighted by molar-refractivity contribution is 0.322. The molecule has 1 rings (SSSR count). The van der Waals surface area contributed by atoms with Gasteiger partial charge in [0.2, 0.25) is 0 Å². The summed E-state index contributed by atoms with van der Waals surface area (Å²) in [4.78, 5) is 0. The van der Waals surface area contributed by atoms with Gasteiger partial charge in [-0.15, -0.1) is 6.42 Å². The Hall–Kier alpha value is -1.00. The average molecular weight is 245 g/mol. The van der Waals surface area contributed by atoms with Gasteiger partial charge in [0.25, 0.3) is 0 Å². The van der Waals surface area contributed by atoms with Gasteiger partial charge >= 0.3 is 0 Å². The molecule has 100 valence electrons. The number of hydrogen-bond acceptors (Lipinski definition) is 1. The van der Waals surface area contributed by atoms with Crippen LogP contribution in [0.2, 0.25) is 0 Å². The lowest BCUT2D eigenvalue weighted by Crippen LogP contribution is -2.33. The first-order chi connectivity index (χ1) is 8.69. The Labute approximate surface area is 113 Å². The van der Waals surface area contributed by atoms with Crippen LogP contribution in [0, 0.1) is 18.3 Å². The van der Waals surface area contributed by atoms with Gasteiger partial charge in [-0.05, 0) is 43.8 Å². The molecule has 0 bridgehead atoms. The molecule has 0 radical (unpaired) electrons. The van der Waals surface area contributed by atoms with E-state index in [2.05, 4.69) is 25.8 Å². The summed E-state index contributed by atoms with van der Waals surface area (Å²) in [6.45, 7) is 4.27. The Balaban J connectivity index is 2.76. The second-order valence-corrected chi connectivity index (χ2v) is 5.45. The highest BCUT2D eigenvalue weighted by Gasteiger charge is 2.22. The number of allylic oxidation sites excluding steroid dienone is 3. The summed E-state index contributed by atoms with van der Waals surface area (Å²) in [5.41, 5.74) is 9.00. The smallest absolute Gasteiger partial charge is 0.0285 e. The number of rotatable bonds is 5. The molecule has 0 aliphatic heterocycles. The molecule has 1 nitrogen and oxygen atoms in total. The summed E-state index contributed by atoms with van der Waals surface area (Å²) in [5.74, 6) is 3.26. The van der Waals surface area contributed by atoms with E-state index in [1.165, 1.54) is 37.7 Å². The van der Waals surface area contributed by atoms with Gasteiger partial charge in [-0.25, -0.2) is 0 Å². The zero-order valence-corrected chi connectivity index (χ0v) is 11.9. The molecule has 0 heterocycles. The first-order valence-electron chi connectivity index (χ1n) is 7.28. The van der Waals surface area contributed by atoms with Crippen molar-refractivity contribution < 1.29 is 0 Å². The Kier molecular flexibility index (Phi) is 6.83. The molecule has 1 fully saturated rings. The summed E-state index contributed by atoms with van der Waals surface area (Å²) in [6.07, 6.45) is 18.2. The van der Waals surface area contributed by atoms with E-state index in [9.17, 15) is 0 Å². The predicted molar refractivity (Wildman–Crippen MR) is 80.1 cm³/mol. The summed E-state index contributed by atoms with van der Waals surface area (Å²) in [5, 5.41) is 0. The summed E-state index contributed by atoms with van der Waals surface area (Å²) >= 11 is 0. The molecule has 0 spiro atoms. The van der Waals surface area contributed by atoms with Crippen molar-refractivity contribution in [2.24, 2.45) is 11.7 Å². The van der Waals surface area contributed by atoms with Crippen LogP contribution in [0.4, 0.5) is 0 Å². The standard InChI is InChI=1S/C17H27N/c1-4-9-14(3)13-16(10-5-2)17(18)15-11-7-6-8-12-15/h1,9,13,15,17H,5-8,10-12,18H2,2-3H3/b14-9-,16-13+. The molecule has 18 heavy (non-hydrogen) atoms. The SMILES string of the molecule is C#C/C=C(C)\C=C(/CCC)C(N)C1CCCCC1. The van der Waals surface area contributed by atoms with Gasteiger partial charge in [0.15, 0.2) is 0 Å². The van der Waals surface area contributed by atoms with E-state index >= 15 is 0 Å². The van der Waals surface area contributed by atoms with Crippen molar-refractivity contribution >= 4 is 0 Å². The lowest BCUT2D eigenvalue weighted by Gasteiger charge is -2.29. The van der Waals surface area contributed by atoms with Gasteiger partial charge in [0.1, 0.15) is 0 Å². The molecule has 1 heteroatoms. The maximum atomic E-state index is 6.48. The molecule has 1 saturated carbocycles. The van der Waals surface area contributed by atoms with E-state index in [4.69, 9.17) is 12.2 Å². The van der Waals surface area contributed by atoms with Crippen LogP contribution in [0.3, 0.4) is 0 Å². The highest BCUT2D eigenvalue weighted by molar-refractivity contribution is 5.30. The van der Waals surface area contributed by atoms with Crippen LogP contribution in [0.1, 0.15) is 58.8 Å². The van der Waals surface area contributed by atoms with Crippen molar-refractivity contribution in [1.29, 1.82) is 0 Å². The van der Waals surface area contributed by atoms with Crippen molar-refractivity contribution in [1.82, 2.24) is 0 Å². The molecule has 2 N–H and O–H groups in total. The highest BCUT2D eigenvalue weighted by Crippen LogP contribution is 2.30. The summed E-state index contributed by atoms with van der Waals surface area (Å²) in [6, 6.07) is 0.228. The Morgan fingerprint density at radius 2 is 2.06 bits per heavy atom. The van der Waals surface area contributed by atoms with E-state index in [1.807, 2.05) is 6.08 Å². The maximum absolute atomic E-state index is 6.48. The van der Waals surface area contributed by atoms with Crippen LogP contribution in [0.5, 0.6) is 0 Å². The summed E-state index contributed by atoms with van der Waals surface area (Å²) in [7, 11) is 0. The first kappa shape index (κ1) is 15.1. The van der Waals surface area contributed by atoms with Gasteiger partial charge in [-0.2, -0.15) is 0 Å². The molecule has 0 amide bonds. The van der Waals surface area contributed by atoms with Crippen molar-refractivity contribution in [3.8, 4) is 12.3 Å². The van der Waals surface area contributed by atoms with Gasteiger partial charge in [-0.1, -0.05) is 50.2 Å². The minimum Gasteiger partial charge on any atom is -0.324 e. The quantitative estimate of drug-likeness (QED) is 0.570. The third-order valence-electron chi connectivity index (χ3n) is 3.85. The Morgan fingerprint density at radius 1 is 1.39 bits per heavy atom. The number of terminal acetylenes is 1. The van der Waals surface area contributed by atoms with Gasteiger partial charge < -0.3 is 5.73 Å². The minimum atomic E-state index is 0.228. The highest BCUT2D eigenvalue weighted by atomic mass is 14.7. The van der Waals surface area contributed by atoms with Gasteiger partial charge in [0, 0.05) is 6.04 Å². The molecular formula is C17H27N. The van der Waals surface area contributed by atoms with Crippen LogP contribution < -0.4 is 5.73 Å². The second-order valence-electron chi connectivity index (χ2n) is 5.45. The molecule has 0 aromatic heterocycles. The van der Waals surface area contributed by atoms with Crippen LogP contribution in [0.15, 0.2) is 23.3 Å². The molecule has 0 aromatic carbocycles. The topological polar surface area (TPSA) is 26.0 Å². The predicted octanol–water partition coefficient (Wildman–Crippen LogP) is 4.20. The van der Waals surface area contributed by atoms with Gasteiger partial charge in [0.05, 0.1) is 0 Å². The lowest BCUT2D eigenvalue weighted by atomic mass is 9.80. The normalized spacial score (nSPS) is 20.6. The fourth-order valence-corrected chi connectivity index (χ4v) is 2.89. The molecule has 1 aliphatic carbocycles. The molecule has 0 aromatic rings.